The van der Waals surface area contributed by atoms with Crippen LogP contribution in [0, 0.1) is 6.92 Å². The first-order chi connectivity index (χ1) is 8.75. The van der Waals surface area contributed by atoms with Crippen molar-refractivity contribution in [3.63, 3.8) is 0 Å². The van der Waals surface area contributed by atoms with Gasteiger partial charge in [0.2, 0.25) is 0 Å². The van der Waals surface area contributed by atoms with Gasteiger partial charge in [0.25, 0.3) is 0 Å². The van der Waals surface area contributed by atoms with Gasteiger partial charge in [-0.25, -0.2) is 0 Å². The Labute approximate surface area is 108 Å². The van der Waals surface area contributed by atoms with Crippen molar-refractivity contribution in [2.24, 2.45) is 10.2 Å². The van der Waals surface area contributed by atoms with Gasteiger partial charge in [-0.1, -0.05) is 32.0 Å². The Bertz CT molecular complexity index is 504. The zero-order chi connectivity index (χ0) is 13.4. The van der Waals surface area contributed by atoms with E-state index in [4.69, 9.17) is 5.73 Å². The van der Waals surface area contributed by atoms with Crippen LogP contribution in [0.25, 0.3) is 0 Å². The smallest absolute Gasteiger partial charge is 0.0861 e. The van der Waals surface area contributed by atoms with Gasteiger partial charge in [-0.05, 0) is 42.8 Å². The Morgan fingerprint density at radius 1 is 0.833 bits per heavy atom. The van der Waals surface area contributed by atoms with E-state index < -0.39 is 0 Å². The van der Waals surface area contributed by atoms with Crippen molar-refractivity contribution in [1.82, 2.24) is 0 Å². The number of benzene rings is 2. The highest BCUT2D eigenvalue weighted by Crippen LogP contribution is 2.21. The summed E-state index contributed by atoms with van der Waals surface area (Å²) in [5, 5.41) is 8.28. The maximum Gasteiger partial charge on any atom is 0.0861 e. The van der Waals surface area contributed by atoms with E-state index in [2.05, 4.69) is 10.2 Å². The third-order valence-corrected chi connectivity index (χ3v) is 2.29. The van der Waals surface area contributed by atoms with Gasteiger partial charge in [-0.15, -0.1) is 0 Å². The fourth-order valence-electron chi connectivity index (χ4n) is 1.33. The number of aryl methyl sites for hydroxylation is 1. The second kappa shape index (κ2) is 7.22. The summed E-state index contributed by atoms with van der Waals surface area (Å²) in [7, 11) is 0. The summed E-state index contributed by atoms with van der Waals surface area (Å²) in [4.78, 5) is 0. The molecular weight excluding hydrogens is 222 g/mol. The Morgan fingerprint density at radius 2 is 1.44 bits per heavy atom. The Kier molecular flexibility index (Phi) is 5.58. The topological polar surface area (TPSA) is 50.7 Å². The molecule has 0 unspecified atom stereocenters. The van der Waals surface area contributed by atoms with E-state index in [-0.39, 0.29) is 0 Å². The molecule has 2 N–H and O–H groups in total. The summed E-state index contributed by atoms with van der Waals surface area (Å²) in [5.74, 6) is 0. The Morgan fingerprint density at radius 3 is 2.06 bits per heavy atom. The molecule has 18 heavy (non-hydrogen) atoms. The summed E-state index contributed by atoms with van der Waals surface area (Å²) in [6.07, 6.45) is 0. The highest BCUT2D eigenvalue weighted by Gasteiger charge is 1.95. The zero-order valence-electron chi connectivity index (χ0n) is 11.1. The molecule has 0 saturated heterocycles. The van der Waals surface area contributed by atoms with E-state index in [1.807, 2.05) is 69.3 Å². The van der Waals surface area contributed by atoms with Crippen molar-refractivity contribution < 1.29 is 0 Å². The lowest BCUT2D eigenvalue weighted by Gasteiger charge is -1.99. The van der Waals surface area contributed by atoms with Crippen molar-refractivity contribution in [3.05, 3.63) is 54.1 Å². The van der Waals surface area contributed by atoms with Crippen LogP contribution in [0.15, 0.2) is 58.8 Å². The van der Waals surface area contributed by atoms with Gasteiger partial charge in [0.1, 0.15) is 0 Å². The molecule has 0 amide bonds. The van der Waals surface area contributed by atoms with Gasteiger partial charge < -0.3 is 5.73 Å². The number of rotatable bonds is 2. The molecule has 2 aromatic rings. The molecule has 3 heteroatoms. The van der Waals surface area contributed by atoms with Gasteiger partial charge in [-0.2, -0.15) is 10.2 Å². The first kappa shape index (κ1) is 13.9. The summed E-state index contributed by atoms with van der Waals surface area (Å²) < 4.78 is 0. The van der Waals surface area contributed by atoms with Crippen LogP contribution >= 0.6 is 0 Å². The van der Waals surface area contributed by atoms with Crippen LogP contribution in [-0.4, -0.2) is 0 Å². The minimum atomic E-state index is 0.777. The van der Waals surface area contributed by atoms with Crippen molar-refractivity contribution in [3.8, 4) is 0 Å². The molecule has 0 aliphatic carbocycles. The second-order valence-electron chi connectivity index (χ2n) is 3.58. The SMILES string of the molecule is CC.Cc1cc(N=Nc2ccccc2)ccc1N. The largest absolute Gasteiger partial charge is 0.399 e. The van der Waals surface area contributed by atoms with Crippen molar-refractivity contribution in [1.29, 1.82) is 0 Å². The molecule has 0 aliphatic rings. The summed E-state index contributed by atoms with van der Waals surface area (Å²) in [5.41, 5.74) is 9.18. The summed E-state index contributed by atoms with van der Waals surface area (Å²) in [6, 6.07) is 15.3. The van der Waals surface area contributed by atoms with E-state index >= 15 is 0 Å². The number of nitrogen functional groups attached to an aromatic ring is 1. The summed E-state index contributed by atoms with van der Waals surface area (Å²) in [6.45, 7) is 5.96. The number of nitrogens with zero attached hydrogens (tertiary/aromatic N) is 2. The third kappa shape index (κ3) is 4.01. The predicted octanol–water partition coefficient (Wildman–Crippen LogP) is 5.02. The number of hydrogen-bond acceptors (Lipinski definition) is 3. The van der Waals surface area contributed by atoms with Gasteiger partial charge in [0.05, 0.1) is 11.4 Å². The fourth-order valence-corrected chi connectivity index (χ4v) is 1.33. The van der Waals surface area contributed by atoms with Gasteiger partial charge in [0, 0.05) is 5.69 Å². The quantitative estimate of drug-likeness (QED) is 0.582. The summed E-state index contributed by atoms with van der Waals surface area (Å²) >= 11 is 0. The molecule has 94 valence electrons. The molecule has 0 saturated carbocycles. The van der Waals surface area contributed by atoms with Crippen molar-refractivity contribution in [2.45, 2.75) is 20.8 Å². The minimum Gasteiger partial charge on any atom is -0.399 e. The first-order valence-corrected chi connectivity index (χ1v) is 6.08. The minimum absolute atomic E-state index is 0.777. The number of nitrogens with two attached hydrogens (primary N) is 1. The number of hydrogen-bond donors (Lipinski definition) is 1. The van der Waals surface area contributed by atoms with Gasteiger partial charge in [-0.3, -0.25) is 0 Å². The average Bonchev–Trinajstić information content (AvgIpc) is 2.44. The highest BCUT2D eigenvalue weighted by molar-refractivity contribution is 5.54. The van der Waals surface area contributed by atoms with E-state index in [1.54, 1.807) is 0 Å². The Balaban J connectivity index is 0.000000771. The molecule has 0 fully saturated rings. The van der Waals surface area contributed by atoms with Crippen molar-refractivity contribution >= 4 is 17.1 Å². The molecule has 0 atom stereocenters. The van der Waals surface area contributed by atoms with Gasteiger partial charge in [0.15, 0.2) is 0 Å². The first-order valence-electron chi connectivity index (χ1n) is 6.08. The molecule has 0 radical (unpaired) electrons. The molecule has 0 aromatic heterocycles. The molecule has 0 heterocycles. The molecule has 0 aliphatic heterocycles. The van der Waals surface area contributed by atoms with E-state index in [0.29, 0.717) is 0 Å². The number of anilines is 1. The van der Waals surface area contributed by atoms with Crippen LogP contribution < -0.4 is 5.73 Å². The predicted molar refractivity (Wildman–Crippen MR) is 77.6 cm³/mol. The van der Waals surface area contributed by atoms with Crippen molar-refractivity contribution in [2.75, 3.05) is 5.73 Å². The van der Waals surface area contributed by atoms with Crippen LogP contribution in [0.1, 0.15) is 19.4 Å². The van der Waals surface area contributed by atoms with Crippen LogP contribution in [-0.2, 0) is 0 Å². The molecule has 2 rings (SSSR count). The van der Waals surface area contributed by atoms with Crippen LogP contribution in [0.5, 0.6) is 0 Å². The monoisotopic (exact) mass is 241 g/mol. The maximum absolute atomic E-state index is 5.72. The lowest BCUT2D eigenvalue weighted by Crippen LogP contribution is -1.86. The zero-order valence-corrected chi connectivity index (χ0v) is 11.1. The fraction of sp³-hybridized carbons (Fsp3) is 0.200. The standard InChI is InChI=1S/C13H13N3.C2H6/c1-10-9-12(7-8-13(10)14)16-15-11-5-3-2-4-6-11;1-2/h2-9H,14H2,1H3;1-2H3. The second-order valence-corrected chi connectivity index (χ2v) is 3.58. The molecule has 0 bridgehead atoms. The average molecular weight is 241 g/mol. The third-order valence-electron chi connectivity index (χ3n) is 2.29. The molecule has 3 nitrogen and oxygen atoms in total. The van der Waals surface area contributed by atoms with Crippen LogP contribution in [0.2, 0.25) is 0 Å². The lowest BCUT2D eigenvalue weighted by atomic mass is 10.2. The van der Waals surface area contributed by atoms with Crippen LogP contribution in [0.3, 0.4) is 0 Å². The van der Waals surface area contributed by atoms with Gasteiger partial charge >= 0.3 is 0 Å². The van der Waals surface area contributed by atoms with E-state index in [1.165, 1.54) is 0 Å². The molecular formula is C15H19N3. The highest BCUT2D eigenvalue weighted by atomic mass is 15.1. The Hall–Kier alpha value is -2.16. The normalized spacial score (nSPS) is 9.94. The molecule has 2 aromatic carbocycles. The molecule has 0 spiro atoms. The maximum atomic E-state index is 5.72. The van der Waals surface area contributed by atoms with E-state index in [9.17, 15) is 0 Å². The van der Waals surface area contributed by atoms with Crippen LogP contribution in [0.4, 0.5) is 17.1 Å². The van der Waals surface area contributed by atoms with E-state index in [0.717, 1.165) is 22.6 Å². The number of azo groups is 1. The lowest BCUT2D eigenvalue weighted by molar-refractivity contribution is 1.22.